The second-order valence-corrected chi connectivity index (χ2v) is 10.2. The summed E-state index contributed by atoms with van der Waals surface area (Å²) in [5.41, 5.74) is 1.20. The standard InChI is InChI=1S/C27H44N6O3/c1-4-32-17-9-10-24(32)20-33(19-18-30(2)3)27(36)26(35)29-23-13-11-22(12-14-23)28-25(34)21-31-15-7-5-6-8-16-31/h11-14,24H,4-10,15-21H2,1-3H3,(H,28,34)(H,29,35). The normalized spacial score (nSPS) is 19.2. The van der Waals surface area contributed by atoms with Gasteiger partial charge in [-0.3, -0.25) is 24.2 Å². The average molecular weight is 501 g/mol. The molecule has 3 amide bonds. The molecule has 0 aliphatic carbocycles. The van der Waals surface area contributed by atoms with Crippen molar-refractivity contribution in [3.8, 4) is 0 Å². The fourth-order valence-electron chi connectivity index (χ4n) is 5.03. The van der Waals surface area contributed by atoms with Crippen LogP contribution >= 0.6 is 0 Å². The maximum Gasteiger partial charge on any atom is 0.313 e. The van der Waals surface area contributed by atoms with Gasteiger partial charge in [0.1, 0.15) is 0 Å². The van der Waals surface area contributed by atoms with E-state index in [1.807, 2.05) is 19.0 Å². The van der Waals surface area contributed by atoms with E-state index in [2.05, 4.69) is 27.4 Å². The Hall–Kier alpha value is -2.49. The highest BCUT2D eigenvalue weighted by molar-refractivity contribution is 6.39. The van der Waals surface area contributed by atoms with Gasteiger partial charge in [-0.25, -0.2) is 0 Å². The lowest BCUT2D eigenvalue weighted by Crippen LogP contribution is -2.48. The molecule has 0 aromatic heterocycles. The number of rotatable bonds is 10. The summed E-state index contributed by atoms with van der Waals surface area (Å²) in [5.74, 6) is -1.17. The van der Waals surface area contributed by atoms with Crippen molar-refractivity contribution in [3.63, 3.8) is 0 Å². The fraction of sp³-hybridized carbons (Fsp3) is 0.667. The third-order valence-corrected chi connectivity index (χ3v) is 7.13. The summed E-state index contributed by atoms with van der Waals surface area (Å²) in [5, 5.41) is 5.67. The molecule has 2 aliphatic heterocycles. The third kappa shape index (κ3) is 8.87. The Bertz CT molecular complexity index is 852. The molecule has 1 aromatic rings. The van der Waals surface area contributed by atoms with Gasteiger partial charge < -0.3 is 20.4 Å². The largest absolute Gasteiger partial charge is 0.332 e. The van der Waals surface area contributed by atoms with Gasteiger partial charge in [-0.2, -0.15) is 0 Å². The fourth-order valence-corrected chi connectivity index (χ4v) is 5.03. The van der Waals surface area contributed by atoms with Crippen molar-refractivity contribution in [2.24, 2.45) is 0 Å². The van der Waals surface area contributed by atoms with Crippen LogP contribution in [-0.4, -0.2) is 110 Å². The van der Waals surface area contributed by atoms with Crippen molar-refractivity contribution < 1.29 is 14.4 Å². The van der Waals surface area contributed by atoms with Crippen LogP contribution in [0.3, 0.4) is 0 Å². The van der Waals surface area contributed by atoms with E-state index in [0.717, 1.165) is 51.9 Å². The lowest BCUT2D eigenvalue weighted by molar-refractivity contribution is -0.143. The summed E-state index contributed by atoms with van der Waals surface area (Å²) >= 11 is 0. The first kappa shape index (κ1) is 28.1. The number of likely N-dealkylation sites (tertiary alicyclic amines) is 2. The summed E-state index contributed by atoms with van der Waals surface area (Å²) in [6, 6.07) is 7.23. The van der Waals surface area contributed by atoms with Crippen LogP contribution in [0.2, 0.25) is 0 Å². The first-order valence-electron chi connectivity index (χ1n) is 13.5. The second kappa shape index (κ2) is 14.3. The number of carbonyl (C=O) groups is 3. The predicted octanol–water partition coefficient (Wildman–Crippen LogP) is 2.31. The number of likely N-dealkylation sites (N-methyl/N-ethyl adjacent to an activating group) is 2. The van der Waals surface area contributed by atoms with E-state index in [-0.39, 0.29) is 5.91 Å². The minimum atomic E-state index is -0.632. The van der Waals surface area contributed by atoms with Crippen LogP contribution in [0.5, 0.6) is 0 Å². The van der Waals surface area contributed by atoms with E-state index in [1.165, 1.54) is 12.8 Å². The Morgan fingerprint density at radius 3 is 2.14 bits per heavy atom. The minimum absolute atomic E-state index is 0.0339. The number of anilines is 2. The summed E-state index contributed by atoms with van der Waals surface area (Å²) < 4.78 is 0. The van der Waals surface area contributed by atoms with Gasteiger partial charge in [0.2, 0.25) is 5.91 Å². The molecular weight excluding hydrogens is 456 g/mol. The van der Waals surface area contributed by atoms with Crippen molar-refractivity contribution in [3.05, 3.63) is 24.3 Å². The second-order valence-electron chi connectivity index (χ2n) is 10.2. The van der Waals surface area contributed by atoms with E-state index in [1.54, 1.807) is 29.2 Å². The SMILES string of the molecule is CCN1CCCC1CN(CCN(C)C)C(=O)C(=O)Nc1ccc(NC(=O)CN2CCCCCC2)cc1. The molecule has 1 unspecified atom stereocenters. The molecule has 0 radical (unpaired) electrons. The molecular formula is C27H44N6O3. The van der Waals surface area contributed by atoms with Crippen molar-refractivity contribution in [2.45, 2.75) is 51.5 Å². The Morgan fingerprint density at radius 1 is 0.889 bits per heavy atom. The van der Waals surface area contributed by atoms with Crippen molar-refractivity contribution in [2.75, 3.05) is 77.1 Å². The van der Waals surface area contributed by atoms with Gasteiger partial charge in [0.25, 0.3) is 0 Å². The lowest BCUT2D eigenvalue weighted by atomic mass is 10.2. The molecule has 2 fully saturated rings. The Morgan fingerprint density at radius 2 is 1.53 bits per heavy atom. The molecule has 200 valence electrons. The molecule has 0 spiro atoms. The molecule has 3 rings (SSSR count). The molecule has 2 N–H and O–H groups in total. The molecule has 36 heavy (non-hydrogen) atoms. The van der Waals surface area contributed by atoms with Crippen molar-refractivity contribution >= 4 is 29.1 Å². The topological polar surface area (TPSA) is 88.2 Å². The minimum Gasteiger partial charge on any atom is -0.332 e. The van der Waals surface area contributed by atoms with E-state index < -0.39 is 11.8 Å². The number of carbonyl (C=O) groups excluding carboxylic acids is 3. The van der Waals surface area contributed by atoms with E-state index in [9.17, 15) is 14.4 Å². The number of nitrogens with zero attached hydrogens (tertiary/aromatic N) is 4. The van der Waals surface area contributed by atoms with Gasteiger partial charge in [0, 0.05) is 37.1 Å². The van der Waals surface area contributed by atoms with Crippen molar-refractivity contribution in [1.82, 2.24) is 19.6 Å². The lowest BCUT2D eigenvalue weighted by Gasteiger charge is -2.30. The number of hydrogen-bond donors (Lipinski definition) is 2. The third-order valence-electron chi connectivity index (χ3n) is 7.13. The number of benzene rings is 1. The number of nitrogens with one attached hydrogen (secondary N) is 2. The molecule has 9 heteroatoms. The molecule has 9 nitrogen and oxygen atoms in total. The van der Waals surface area contributed by atoms with Gasteiger partial charge in [-0.15, -0.1) is 0 Å². The number of amides is 3. The van der Waals surface area contributed by atoms with Crippen LogP contribution in [0, 0.1) is 0 Å². The molecule has 2 saturated heterocycles. The van der Waals surface area contributed by atoms with Crippen LogP contribution in [0.4, 0.5) is 11.4 Å². The maximum absolute atomic E-state index is 13.1. The van der Waals surface area contributed by atoms with Crippen LogP contribution in [0.25, 0.3) is 0 Å². The van der Waals surface area contributed by atoms with E-state index in [4.69, 9.17) is 0 Å². The molecule has 0 bridgehead atoms. The quantitative estimate of drug-likeness (QED) is 0.480. The molecule has 2 aliphatic rings. The average Bonchev–Trinajstić information content (AvgIpc) is 3.15. The van der Waals surface area contributed by atoms with Gasteiger partial charge >= 0.3 is 11.8 Å². The molecule has 1 aromatic carbocycles. The van der Waals surface area contributed by atoms with Gasteiger partial charge in [-0.1, -0.05) is 19.8 Å². The summed E-state index contributed by atoms with van der Waals surface area (Å²) in [6.07, 6.45) is 6.93. The van der Waals surface area contributed by atoms with Gasteiger partial charge in [-0.05, 0) is 90.2 Å². The summed E-state index contributed by atoms with van der Waals surface area (Å²) in [7, 11) is 3.93. The first-order valence-corrected chi connectivity index (χ1v) is 13.5. The van der Waals surface area contributed by atoms with E-state index >= 15 is 0 Å². The zero-order valence-corrected chi connectivity index (χ0v) is 22.3. The number of hydrogen-bond acceptors (Lipinski definition) is 6. The molecule has 2 heterocycles. The Kier molecular flexibility index (Phi) is 11.2. The van der Waals surface area contributed by atoms with Crippen molar-refractivity contribution in [1.29, 1.82) is 0 Å². The molecule has 1 atom stereocenters. The highest BCUT2D eigenvalue weighted by Gasteiger charge is 2.29. The Balaban J connectivity index is 1.53. The van der Waals surface area contributed by atoms with Crippen LogP contribution in [-0.2, 0) is 14.4 Å². The zero-order chi connectivity index (χ0) is 25.9. The zero-order valence-electron chi connectivity index (χ0n) is 22.3. The predicted molar refractivity (Wildman–Crippen MR) is 144 cm³/mol. The van der Waals surface area contributed by atoms with Gasteiger partial charge in [0.05, 0.1) is 6.54 Å². The highest BCUT2D eigenvalue weighted by atomic mass is 16.2. The van der Waals surface area contributed by atoms with E-state index in [0.29, 0.717) is 43.6 Å². The summed E-state index contributed by atoms with van der Waals surface area (Å²) in [4.78, 5) is 46.6. The van der Waals surface area contributed by atoms with Crippen LogP contribution in [0.15, 0.2) is 24.3 Å². The summed E-state index contributed by atoms with van der Waals surface area (Å²) in [6.45, 7) is 8.24. The monoisotopic (exact) mass is 500 g/mol. The smallest absolute Gasteiger partial charge is 0.313 e. The van der Waals surface area contributed by atoms with Crippen LogP contribution in [0.1, 0.15) is 45.4 Å². The van der Waals surface area contributed by atoms with Crippen LogP contribution < -0.4 is 10.6 Å². The molecule has 0 saturated carbocycles. The highest BCUT2D eigenvalue weighted by Crippen LogP contribution is 2.19. The Labute approximate surface area is 216 Å². The van der Waals surface area contributed by atoms with Gasteiger partial charge in [0.15, 0.2) is 0 Å². The first-order chi connectivity index (χ1) is 17.4. The maximum atomic E-state index is 13.1.